The summed E-state index contributed by atoms with van der Waals surface area (Å²) in [6.45, 7) is 0.388. The van der Waals surface area contributed by atoms with Crippen molar-refractivity contribution in [3.63, 3.8) is 0 Å². The normalized spacial score (nSPS) is 12.6. The van der Waals surface area contributed by atoms with Gasteiger partial charge in [0, 0.05) is 12.1 Å². The first kappa shape index (κ1) is 14.6. The Morgan fingerprint density at radius 1 is 0.950 bits per heavy atom. The van der Waals surface area contributed by atoms with Crippen LogP contribution in [0.5, 0.6) is 0 Å². The van der Waals surface area contributed by atoms with Gasteiger partial charge in [0.25, 0.3) is 6.43 Å². The van der Waals surface area contributed by atoms with Gasteiger partial charge in [0.15, 0.2) is 0 Å². The van der Waals surface area contributed by atoms with E-state index in [2.05, 4.69) is 5.32 Å². The Labute approximate surface area is 117 Å². The molecular formula is C16H17F2NO. The molecule has 2 nitrogen and oxygen atoms in total. The molecule has 1 atom stereocenters. The van der Waals surface area contributed by atoms with Crippen LogP contribution < -0.4 is 5.32 Å². The molecule has 0 spiro atoms. The van der Waals surface area contributed by atoms with Gasteiger partial charge in [-0.3, -0.25) is 0 Å². The highest BCUT2D eigenvalue weighted by Gasteiger charge is 2.10. The Hall–Kier alpha value is -1.78. The van der Waals surface area contributed by atoms with Crippen molar-refractivity contribution in [1.82, 2.24) is 5.32 Å². The molecule has 4 heteroatoms. The summed E-state index contributed by atoms with van der Waals surface area (Å²) < 4.78 is 25.2. The summed E-state index contributed by atoms with van der Waals surface area (Å²) in [5, 5.41) is 12.6. The van der Waals surface area contributed by atoms with Crippen LogP contribution in [0, 0.1) is 0 Å². The second kappa shape index (κ2) is 7.12. The molecule has 2 aromatic rings. The van der Waals surface area contributed by atoms with Gasteiger partial charge < -0.3 is 10.4 Å². The number of benzene rings is 2. The minimum absolute atomic E-state index is 0.0181. The number of hydrogen-bond acceptors (Lipinski definition) is 2. The monoisotopic (exact) mass is 277 g/mol. The summed E-state index contributed by atoms with van der Waals surface area (Å²) >= 11 is 0. The van der Waals surface area contributed by atoms with Crippen LogP contribution in [-0.2, 0) is 6.54 Å². The Bertz CT molecular complexity index is 531. The fraction of sp³-hybridized carbons (Fsp3) is 0.250. The number of aliphatic hydroxyl groups excluding tert-OH is 1. The van der Waals surface area contributed by atoms with Crippen LogP contribution in [0.4, 0.5) is 8.78 Å². The Kier molecular flexibility index (Phi) is 5.21. The highest BCUT2D eigenvalue weighted by Crippen LogP contribution is 2.20. The average molecular weight is 277 g/mol. The smallest absolute Gasteiger partial charge is 0.263 e. The van der Waals surface area contributed by atoms with Crippen molar-refractivity contribution in [2.75, 3.05) is 6.61 Å². The third-order valence-corrected chi connectivity index (χ3v) is 3.14. The van der Waals surface area contributed by atoms with E-state index in [-0.39, 0.29) is 18.2 Å². The van der Waals surface area contributed by atoms with Crippen molar-refractivity contribution in [1.29, 1.82) is 0 Å². The van der Waals surface area contributed by atoms with Gasteiger partial charge in [-0.15, -0.1) is 0 Å². The lowest BCUT2D eigenvalue weighted by Crippen LogP contribution is -2.23. The quantitative estimate of drug-likeness (QED) is 0.847. The topological polar surface area (TPSA) is 32.3 Å². The van der Waals surface area contributed by atoms with E-state index in [1.54, 1.807) is 12.1 Å². The second-order valence-corrected chi connectivity index (χ2v) is 4.57. The summed E-state index contributed by atoms with van der Waals surface area (Å²) in [6.07, 6.45) is -2.46. The predicted molar refractivity (Wildman–Crippen MR) is 74.5 cm³/mol. The summed E-state index contributed by atoms with van der Waals surface area (Å²) in [4.78, 5) is 0. The fourth-order valence-corrected chi connectivity index (χ4v) is 2.05. The van der Waals surface area contributed by atoms with Gasteiger partial charge in [-0.1, -0.05) is 48.5 Å². The molecule has 0 saturated carbocycles. The maximum atomic E-state index is 12.6. The first-order valence-electron chi connectivity index (χ1n) is 6.47. The van der Waals surface area contributed by atoms with E-state index < -0.39 is 6.43 Å². The number of hydrogen-bond donors (Lipinski definition) is 2. The van der Waals surface area contributed by atoms with Crippen molar-refractivity contribution in [2.24, 2.45) is 0 Å². The lowest BCUT2D eigenvalue weighted by Gasteiger charge is -2.17. The van der Waals surface area contributed by atoms with Gasteiger partial charge in [-0.2, -0.15) is 0 Å². The third-order valence-electron chi connectivity index (χ3n) is 3.14. The van der Waals surface area contributed by atoms with E-state index >= 15 is 0 Å². The molecule has 106 valence electrons. The van der Waals surface area contributed by atoms with E-state index in [1.807, 2.05) is 30.3 Å². The van der Waals surface area contributed by atoms with E-state index in [0.29, 0.717) is 6.54 Å². The molecule has 0 amide bonds. The second-order valence-electron chi connectivity index (χ2n) is 4.57. The van der Waals surface area contributed by atoms with Crippen molar-refractivity contribution in [3.05, 3.63) is 71.3 Å². The lowest BCUT2D eigenvalue weighted by atomic mass is 10.1. The molecule has 2 rings (SSSR count). The number of rotatable bonds is 6. The van der Waals surface area contributed by atoms with Crippen LogP contribution >= 0.6 is 0 Å². The molecule has 0 unspecified atom stereocenters. The van der Waals surface area contributed by atoms with Crippen molar-refractivity contribution >= 4 is 0 Å². The van der Waals surface area contributed by atoms with Crippen LogP contribution in [0.3, 0.4) is 0 Å². The highest BCUT2D eigenvalue weighted by molar-refractivity contribution is 5.25. The van der Waals surface area contributed by atoms with Gasteiger partial charge in [0.05, 0.1) is 12.6 Å². The predicted octanol–water partition coefficient (Wildman–Crippen LogP) is 3.45. The molecule has 0 radical (unpaired) electrons. The summed E-state index contributed by atoms with van der Waals surface area (Å²) in [6, 6.07) is 15.6. The average Bonchev–Trinajstić information content (AvgIpc) is 2.49. The Morgan fingerprint density at radius 3 is 2.30 bits per heavy atom. The Morgan fingerprint density at radius 2 is 1.65 bits per heavy atom. The largest absolute Gasteiger partial charge is 0.394 e. The van der Waals surface area contributed by atoms with E-state index in [1.165, 1.54) is 12.1 Å². The van der Waals surface area contributed by atoms with Crippen LogP contribution in [0.2, 0.25) is 0 Å². The molecule has 0 heterocycles. The minimum Gasteiger partial charge on any atom is -0.394 e. The molecule has 2 N–H and O–H groups in total. The zero-order valence-corrected chi connectivity index (χ0v) is 11.0. The fourth-order valence-electron chi connectivity index (χ4n) is 2.05. The van der Waals surface area contributed by atoms with E-state index in [0.717, 1.165) is 11.1 Å². The molecule has 0 aliphatic rings. The van der Waals surface area contributed by atoms with Gasteiger partial charge in [-0.05, 0) is 17.2 Å². The van der Waals surface area contributed by atoms with Gasteiger partial charge in [0.2, 0.25) is 0 Å². The summed E-state index contributed by atoms with van der Waals surface area (Å²) in [5.74, 6) is 0. The van der Waals surface area contributed by atoms with Crippen molar-refractivity contribution < 1.29 is 13.9 Å². The summed E-state index contributed by atoms with van der Waals surface area (Å²) in [7, 11) is 0. The maximum absolute atomic E-state index is 12.6. The molecule has 0 aliphatic heterocycles. The number of aliphatic hydroxyl groups is 1. The van der Waals surface area contributed by atoms with Gasteiger partial charge in [0.1, 0.15) is 0 Å². The molecule has 2 aromatic carbocycles. The minimum atomic E-state index is -2.46. The SMILES string of the molecule is OC[C@H](NCc1cccc(C(F)F)c1)c1ccccc1. The van der Waals surface area contributed by atoms with Crippen LogP contribution in [0.1, 0.15) is 29.2 Å². The van der Waals surface area contributed by atoms with Crippen molar-refractivity contribution in [3.8, 4) is 0 Å². The maximum Gasteiger partial charge on any atom is 0.263 e. The first-order chi connectivity index (χ1) is 9.70. The Balaban J connectivity index is 2.02. The lowest BCUT2D eigenvalue weighted by molar-refractivity contribution is 0.151. The molecule has 0 bridgehead atoms. The highest BCUT2D eigenvalue weighted by atomic mass is 19.3. The first-order valence-corrected chi connectivity index (χ1v) is 6.47. The van der Waals surface area contributed by atoms with Gasteiger partial charge >= 0.3 is 0 Å². The zero-order chi connectivity index (χ0) is 14.4. The van der Waals surface area contributed by atoms with Crippen molar-refractivity contribution in [2.45, 2.75) is 19.0 Å². The molecule has 20 heavy (non-hydrogen) atoms. The number of alkyl halides is 2. The van der Waals surface area contributed by atoms with Crippen LogP contribution in [0.15, 0.2) is 54.6 Å². The van der Waals surface area contributed by atoms with E-state index in [9.17, 15) is 13.9 Å². The molecule has 0 fully saturated rings. The molecular weight excluding hydrogens is 260 g/mol. The van der Waals surface area contributed by atoms with Crippen LogP contribution in [0.25, 0.3) is 0 Å². The van der Waals surface area contributed by atoms with Gasteiger partial charge in [-0.25, -0.2) is 8.78 Å². The third kappa shape index (κ3) is 3.85. The molecule has 0 saturated heterocycles. The van der Waals surface area contributed by atoms with E-state index in [4.69, 9.17) is 0 Å². The number of nitrogens with one attached hydrogen (secondary N) is 1. The summed E-state index contributed by atoms with van der Waals surface area (Å²) in [5.41, 5.74) is 1.77. The molecule has 0 aliphatic carbocycles. The standard InChI is InChI=1S/C16H17F2NO/c17-16(18)14-8-4-5-12(9-14)10-19-15(11-20)13-6-2-1-3-7-13/h1-9,15-16,19-20H,10-11H2/t15-/m0/s1. The van der Waals surface area contributed by atoms with Crippen LogP contribution in [-0.4, -0.2) is 11.7 Å². The molecule has 0 aromatic heterocycles. The number of halogens is 2. The zero-order valence-electron chi connectivity index (χ0n) is 11.0.